The van der Waals surface area contributed by atoms with Crippen molar-refractivity contribution in [3.63, 3.8) is 0 Å². The first-order valence-corrected chi connectivity index (χ1v) is 8.17. The monoisotopic (exact) mass is 343 g/mol. The second-order valence-electron chi connectivity index (χ2n) is 4.13. The first-order valence-electron chi connectivity index (χ1n) is 5.79. The molecule has 1 nitrogen and oxygen atoms in total. The van der Waals surface area contributed by atoms with Gasteiger partial charge in [-0.05, 0) is 29.5 Å². The first kappa shape index (κ1) is 13.9. The number of thiophene rings is 1. The van der Waals surface area contributed by atoms with Gasteiger partial charge in [0.1, 0.15) is 0 Å². The number of rotatable bonds is 5. The highest BCUT2D eigenvalue weighted by Crippen LogP contribution is 2.30. The quantitative estimate of drug-likeness (QED) is 0.692. The van der Waals surface area contributed by atoms with Crippen LogP contribution >= 0.6 is 38.9 Å². The molecule has 0 spiro atoms. The fraction of sp³-hybridized carbons (Fsp3) is 0.286. The Hall–Kier alpha value is -0.510. The van der Waals surface area contributed by atoms with Crippen molar-refractivity contribution in [3.05, 3.63) is 51.2 Å². The number of nitrogens with zero attached hydrogens (tertiary/aromatic N) is 1. The van der Waals surface area contributed by atoms with Gasteiger partial charge < -0.3 is 4.90 Å². The molecule has 96 valence electrons. The van der Waals surface area contributed by atoms with Crippen LogP contribution in [0.4, 0.5) is 5.69 Å². The Labute approximate surface area is 126 Å². The maximum absolute atomic E-state index is 6.30. The zero-order chi connectivity index (χ0) is 13.0. The molecular weight excluding hydrogens is 330 g/mol. The molecule has 0 amide bonds. The van der Waals surface area contributed by atoms with Crippen LogP contribution in [0.1, 0.15) is 10.4 Å². The van der Waals surface area contributed by atoms with Gasteiger partial charge in [0.25, 0.3) is 0 Å². The van der Waals surface area contributed by atoms with E-state index in [0.717, 1.165) is 29.0 Å². The number of anilines is 1. The molecule has 0 saturated carbocycles. The van der Waals surface area contributed by atoms with Crippen molar-refractivity contribution in [2.45, 2.75) is 11.8 Å². The van der Waals surface area contributed by atoms with Gasteiger partial charge in [0, 0.05) is 23.8 Å². The largest absolute Gasteiger partial charge is 0.373 e. The van der Waals surface area contributed by atoms with Gasteiger partial charge in [-0.25, -0.2) is 0 Å². The minimum absolute atomic E-state index is 0.820. The summed E-state index contributed by atoms with van der Waals surface area (Å²) in [5.74, 6) is 0. The Kier molecular flexibility index (Phi) is 5.10. The zero-order valence-corrected chi connectivity index (χ0v) is 13.4. The summed E-state index contributed by atoms with van der Waals surface area (Å²) in [4.78, 5) is 3.65. The van der Waals surface area contributed by atoms with Crippen LogP contribution in [0.25, 0.3) is 0 Å². The fourth-order valence-corrected chi connectivity index (χ4v) is 3.43. The van der Waals surface area contributed by atoms with Crippen LogP contribution in [0.2, 0.25) is 5.02 Å². The van der Waals surface area contributed by atoms with Gasteiger partial charge >= 0.3 is 0 Å². The molecule has 0 unspecified atom stereocenters. The Bertz CT molecular complexity index is 499. The number of alkyl halides is 1. The number of hydrogen-bond donors (Lipinski definition) is 0. The van der Waals surface area contributed by atoms with Crippen LogP contribution in [0.5, 0.6) is 0 Å². The van der Waals surface area contributed by atoms with Crippen LogP contribution < -0.4 is 4.90 Å². The van der Waals surface area contributed by atoms with E-state index in [1.165, 1.54) is 10.4 Å². The lowest BCUT2D eigenvalue weighted by Gasteiger charge is -2.23. The minimum Gasteiger partial charge on any atom is -0.373 e. The number of likely N-dealkylation sites (N-methyl/N-ethyl adjacent to an activating group) is 1. The lowest BCUT2D eigenvalue weighted by atomic mass is 10.2. The van der Waals surface area contributed by atoms with E-state index in [4.69, 9.17) is 11.6 Å². The van der Waals surface area contributed by atoms with Crippen molar-refractivity contribution in [3.8, 4) is 0 Å². The molecule has 0 aliphatic carbocycles. The standard InChI is InChI=1S/C14H15BrClNS/c1-17(8-7-12-5-3-9-18-12)14-11(10-15)4-2-6-13(14)16/h2-6,9H,7-8,10H2,1H3. The smallest absolute Gasteiger partial charge is 0.0642 e. The highest BCUT2D eigenvalue weighted by atomic mass is 79.9. The molecule has 0 bridgehead atoms. The van der Waals surface area contributed by atoms with Gasteiger partial charge in [-0.15, -0.1) is 11.3 Å². The van der Waals surface area contributed by atoms with E-state index in [9.17, 15) is 0 Å². The topological polar surface area (TPSA) is 3.24 Å². The number of halogens is 2. The summed E-state index contributed by atoms with van der Waals surface area (Å²) in [6, 6.07) is 10.3. The third-order valence-electron chi connectivity index (χ3n) is 2.87. The van der Waals surface area contributed by atoms with Crippen molar-refractivity contribution in [2.75, 3.05) is 18.5 Å². The lowest BCUT2D eigenvalue weighted by molar-refractivity contribution is 0.883. The van der Waals surface area contributed by atoms with E-state index in [0.29, 0.717) is 0 Å². The maximum atomic E-state index is 6.30. The van der Waals surface area contributed by atoms with Gasteiger partial charge in [0.05, 0.1) is 10.7 Å². The molecule has 0 N–H and O–H groups in total. The van der Waals surface area contributed by atoms with Gasteiger partial charge in [0.2, 0.25) is 0 Å². The van der Waals surface area contributed by atoms with Crippen LogP contribution in [-0.4, -0.2) is 13.6 Å². The van der Waals surface area contributed by atoms with Crippen LogP contribution in [0.15, 0.2) is 35.7 Å². The minimum atomic E-state index is 0.820. The second kappa shape index (κ2) is 6.60. The predicted octanol–water partition coefficient (Wildman–Crippen LogP) is 4.98. The molecule has 1 aromatic carbocycles. The van der Waals surface area contributed by atoms with Crippen molar-refractivity contribution in [1.82, 2.24) is 0 Å². The first-order chi connectivity index (χ1) is 8.72. The average molecular weight is 345 g/mol. The van der Waals surface area contributed by atoms with E-state index >= 15 is 0 Å². The Morgan fingerprint density at radius 3 is 2.78 bits per heavy atom. The molecule has 0 atom stereocenters. The highest BCUT2D eigenvalue weighted by molar-refractivity contribution is 9.08. The van der Waals surface area contributed by atoms with E-state index in [1.807, 2.05) is 12.1 Å². The number of benzene rings is 1. The summed E-state index contributed by atoms with van der Waals surface area (Å²) in [6.07, 6.45) is 1.06. The van der Waals surface area contributed by atoms with Gasteiger partial charge in [-0.2, -0.15) is 0 Å². The van der Waals surface area contributed by atoms with E-state index in [1.54, 1.807) is 11.3 Å². The van der Waals surface area contributed by atoms with Crippen LogP contribution in [-0.2, 0) is 11.8 Å². The molecule has 1 heterocycles. The van der Waals surface area contributed by atoms with Crippen molar-refractivity contribution < 1.29 is 0 Å². The zero-order valence-electron chi connectivity index (χ0n) is 10.2. The van der Waals surface area contributed by atoms with Crippen molar-refractivity contribution >= 4 is 44.6 Å². The molecule has 2 rings (SSSR count). The second-order valence-corrected chi connectivity index (χ2v) is 6.13. The predicted molar refractivity (Wildman–Crippen MR) is 85.4 cm³/mol. The molecule has 18 heavy (non-hydrogen) atoms. The van der Waals surface area contributed by atoms with Crippen LogP contribution in [0, 0.1) is 0 Å². The Morgan fingerprint density at radius 1 is 1.28 bits per heavy atom. The third kappa shape index (κ3) is 3.28. The lowest BCUT2D eigenvalue weighted by Crippen LogP contribution is -2.21. The summed E-state index contributed by atoms with van der Waals surface area (Å²) < 4.78 is 0. The van der Waals surface area contributed by atoms with Crippen LogP contribution in [0.3, 0.4) is 0 Å². The molecule has 2 aromatic rings. The SMILES string of the molecule is CN(CCc1cccs1)c1c(Cl)cccc1CBr. The van der Waals surface area contributed by atoms with E-state index in [2.05, 4.69) is 51.5 Å². The molecule has 0 aliphatic rings. The molecule has 0 aliphatic heterocycles. The molecule has 0 fully saturated rings. The molecule has 0 saturated heterocycles. The molecule has 1 aromatic heterocycles. The van der Waals surface area contributed by atoms with Gasteiger partial charge in [0.15, 0.2) is 0 Å². The maximum Gasteiger partial charge on any atom is 0.0642 e. The van der Waals surface area contributed by atoms with Crippen molar-refractivity contribution in [1.29, 1.82) is 0 Å². The summed E-state index contributed by atoms with van der Waals surface area (Å²) >= 11 is 11.6. The number of para-hydroxylation sites is 1. The fourth-order valence-electron chi connectivity index (χ4n) is 1.94. The number of hydrogen-bond acceptors (Lipinski definition) is 2. The van der Waals surface area contributed by atoms with Gasteiger partial charge in [-0.1, -0.05) is 45.7 Å². The molecular formula is C14H15BrClNS. The third-order valence-corrected chi connectivity index (χ3v) is 4.72. The Morgan fingerprint density at radius 2 is 2.11 bits per heavy atom. The highest BCUT2D eigenvalue weighted by Gasteiger charge is 2.11. The van der Waals surface area contributed by atoms with Crippen molar-refractivity contribution in [2.24, 2.45) is 0 Å². The normalized spacial score (nSPS) is 10.6. The van der Waals surface area contributed by atoms with E-state index in [-0.39, 0.29) is 0 Å². The summed E-state index contributed by atoms with van der Waals surface area (Å²) in [5, 5.41) is 3.77. The Balaban J connectivity index is 2.10. The van der Waals surface area contributed by atoms with E-state index < -0.39 is 0 Å². The molecule has 4 heteroatoms. The summed E-state index contributed by atoms with van der Waals surface area (Å²) in [6.45, 7) is 0.976. The average Bonchev–Trinajstić information content (AvgIpc) is 2.88. The van der Waals surface area contributed by atoms with Gasteiger partial charge in [-0.3, -0.25) is 0 Å². The molecule has 0 radical (unpaired) electrons. The summed E-state index contributed by atoms with van der Waals surface area (Å²) in [5.41, 5.74) is 2.36. The summed E-state index contributed by atoms with van der Waals surface area (Å²) in [7, 11) is 2.10.